The predicted molar refractivity (Wildman–Crippen MR) is 57.5 cm³/mol. The number of carbonyl (C=O) groups is 1. The highest BCUT2D eigenvalue weighted by Gasteiger charge is 2.15. The second-order valence-corrected chi connectivity index (χ2v) is 3.99. The lowest BCUT2D eigenvalue weighted by molar-refractivity contribution is -0.114. The lowest BCUT2D eigenvalue weighted by atomic mass is 10.1. The summed E-state index contributed by atoms with van der Waals surface area (Å²) >= 11 is 0. The van der Waals surface area contributed by atoms with Gasteiger partial charge in [-0.1, -0.05) is 0 Å². The number of carbonyl (C=O) groups excluding carboxylic acids is 1. The molecule has 1 aliphatic rings. The van der Waals surface area contributed by atoms with E-state index in [1.807, 2.05) is 10.9 Å². The van der Waals surface area contributed by atoms with Crippen LogP contribution in [0.5, 0.6) is 0 Å². The molecule has 1 unspecified atom stereocenters. The van der Waals surface area contributed by atoms with Crippen LogP contribution in [0, 0.1) is 5.92 Å². The van der Waals surface area contributed by atoms with Gasteiger partial charge >= 0.3 is 0 Å². The van der Waals surface area contributed by atoms with Crippen molar-refractivity contribution in [3.63, 3.8) is 0 Å². The number of hydrogen-bond acceptors (Lipinski definition) is 3. The lowest BCUT2D eigenvalue weighted by Crippen LogP contribution is -2.14. The van der Waals surface area contributed by atoms with Crippen LogP contribution in [0.3, 0.4) is 0 Å². The molecule has 1 atom stereocenters. The number of amides is 1. The van der Waals surface area contributed by atoms with Crippen molar-refractivity contribution in [1.82, 2.24) is 15.1 Å². The first-order valence-corrected chi connectivity index (χ1v) is 5.25. The predicted octanol–water partition coefficient (Wildman–Crippen LogP) is 0.451. The summed E-state index contributed by atoms with van der Waals surface area (Å²) < 4.78 is 1.89. The molecule has 1 aromatic heterocycles. The van der Waals surface area contributed by atoms with Gasteiger partial charge in [-0.2, -0.15) is 5.10 Å². The van der Waals surface area contributed by atoms with Crippen molar-refractivity contribution in [2.24, 2.45) is 5.92 Å². The van der Waals surface area contributed by atoms with E-state index < -0.39 is 0 Å². The lowest BCUT2D eigenvalue weighted by Gasteiger charge is -2.07. The summed E-state index contributed by atoms with van der Waals surface area (Å²) in [6.07, 6.45) is 4.76. The molecule has 0 spiro atoms. The van der Waals surface area contributed by atoms with Crippen LogP contribution < -0.4 is 10.6 Å². The van der Waals surface area contributed by atoms with Gasteiger partial charge in [0.2, 0.25) is 5.91 Å². The average Bonchev–Trinajstić information content (AvgIpc) is 2.77. The van der Waals surface area contributed by atoms with Gasteiger partial charge in [-0.3, -0.25) is 9.48 Å². The molecule has 82 valence electrons. The fraction of sp³-hybridized carbons (Fsp3) is 0.600. The molecule has 1 aromatic rings. The van der Waals surface area contributed by atoms with E-state index in [-0.39, 0.29) is 5.91 Å². The van der Waals surface area contributed by atoms with E-state index in [2.05, 4.69) is 15.7 Å². The molecule has 15 heavy (non-hydrogen) atoms. The van der Waals surface area contributed by atoms with Crippen molar-refractivity contribution in [3.05, 3.63) is 12.4 Å². The third-order valence-electron chi connectivity index (χ3n) is 2.56. The summed E-state index contributed by atoms with van der Waals surface area (Å²) in [7, 11) is 0. The highest BCUT2D eigenvalue weighted by Crippen LogP contribution is 2.12. The second-order valence-electron chi connectivity index (χ2n) is 3.99. The summed E-state index contributed by atoms with van der Waals surface area (Å²) in [6.45, 7) is 4.59. The SMILES string of the molecule is CC(=O)Nc1cnn(CC2CCNC2)c1. The fourth-order valence-electron chi connectivity index (χ4n) is 1.87. The quantitative estimate of drug-likeness (QED) is 0.758. The van der Waals surface area contributed by atoms with Gasteiger partial charge in [-0.05, 0) is 25.4 Å². The van der Waals surface area contributed by atoms with E-state index in [1.165, 1.54) is 13.3 Å². The Bertz CT molecular complexity index is 341. The summed E-state index contributed by atoms with van der Waals surface area (Å²) in [6, 6.07) is 0. The van der Waals surface area contributed by atoms with Gasteiger partial charge in [0, 0.05) is 19.7 Å². The highest BCUT2D eigenvalue weighted by molar-refractivity contribution is 5.88. The molecule has 0 radical (unpaired) electrons. The van der Waals surface area contributed by atoms with Crippen LogP contribution in [-0.4, -0.2) is 28.8 Å². The first-order chi connectivity index (χ1) is 7.24. The van der Waals surface area contributed by atoms with Crippen LogP contribution in [0.15, 0.2) is 12.4 Å². The Morgan fingerprint density at radius 2 is 2.67 bits per heavy atom. The van der Waals surface area contributed by atoms with Crippen molar-refractivity contribution in [2.75, 3.05) is 18.4 Å². The molecule has 5 heteroatoms. The Morgan fingerprint density at radius 3 is 3.33 bits per heavy atom. The number of aromatic nitrogens is 2. The topological polar surface area (TPSA) is 59.0 Å². The molecule has 5 nitrogen and oxygen atoms in total. The van der Waals surface area contributed by atoms with E-state index >= 15 is 0 Å². The Morgan fingerprint density at radius 1 is 1.80 bits per heavy atom. The fourth-order valence-corrected chi connectivity index (χ4v) is 1.87. The van der Waals surface area contributed by atoms with Gasteiger partial charge in [0.1, 0.15) is 0 Å². The largest absolute Gasteiger partial charge is 0.324 e. The minimum Gasteiger partial charge on any atom is -0.324 e. The summed E-state index contributed by atoms with van der Waals surface area (Å²) in [5.74, 6) is 0.604. The maximum Gasteiger partial charge on any atom is 0.221 e. The maximum absolute atomic E-state index is 10.8. The summed E-state index contributed by atoms with van der Waals surface area (Å²) in [5, 5.41) is 10.2. The first-order valence-electron chi connectivity index (χ1n) is 5.25. The highest BCUT2D eigenvalue weighted by atomic mass is 16.1. The first kappa shape index (κ1) is 10.2. The Balaban J connectivity index is 1.91. The van der Waals surface area contributed by atoms with Crippen molar-refractivity contribution in [1.29, 1.82) is 0 Å². The van der Waals surface area contributed by atoms with Crippen LogP contribution in [0.1, 0.15) is 13.3 Å². The molecule has 1 fully saturated rings. The van der Waals surface area contributed by atoms with Gasteiger partial charge in [0.15, 0.2) is 0 Å². The van der Waals surface area contributed by atoms with Crippen molar-refractivity contribution < 1.29 is 4.79 Å². The monoisotopic (exact) mass is 208 g/mol. The molecular weight excluding hydrogens is 192 g/mol. The van der Waals surface area contributed by atoms with Crippen LogP contribution in [0.25, 0.3) is 0 Å². The van der Waals surface area contributed by atoms with Gasteiger partial charge in [-0.15, -0.1) is 0 Å². The standard InChI is InChI=1S/C10H16N4O/c1-8(15)13-10-5-12-14(7-10)6-9-2-3-11-4-9/h5,7,9,11H,2-4,6H2,1H3,(H,13,15). The Kier molecular flexibility index (Phi) is 3.01. The second kappa shape index (κ2) is 4.44. The van der Waals surface area contributed by atoms with Crippen LogP contribution in [0.4, 0.5) is 5.69 Å². The Labute approximate surface area is 88.8 Å². The van der Waals surface area contributed by atoms with Crippen molar-refractivity contribution in [2.45, 2.75) is 19.9 Å². The van der Waals surface area contributed by atoms with Gasteiger partial charge in [-0.25, -0.2) is 0 Å². The van der Waals surface area contributed by atoms with Crippen LogP contribution >= 0.6 is 0 Å². The van der Waals surface area contributed by atoms with Crippen molar-refractivity contribution in [3.8, 4) is 0 Å². The number of anilines is 1. The normalized spacial score (nSPS) is 20.5. The van der Waals surface area contributed by atoms with Gasteiger partial charge in [0.25, 0.3) is 0 Å². The number of hydrogen-bond donors (Lipinski definition) is 2. The van der Waals surface area contributed by atoms with E-state index in [1.54, 1.807) is 6.20 Å². The zero-order valence-corrected chi connectivity index (χ0v) is 8.86. The molecule has 1 saturated heterocycles. The van der Waals surface area contributed by atoms with Gasteiger partial charge < -0.3 is 10.6 Å². The molecule has 2 heterocycles. The smallest absolute Gasteiger partial charge is 0.221 e. The molecule has 1 amide bonds. The zero-order valence-electron chi connectivity index (χ0n) is 8.86. The molecular formula is C10H16N4O. The summed E-state index contributed by atoms with van der Waals surface area (Å²) in [4.78, 5) is 10.8. The van der Waals surface area contributed by atoms with Crippen LogP contribution in [-0.2, 0) is 11.3 Å². The maximum atomic E-state index is 10.8. The number of nitrogens with one attached hydrogen (secondary N) is 2. The molecule has 0 saturated carbocycles. The van der Waals surface area contributed by atoms with Crippen LogP contribution in [0.2, 0.25) is 0 Å². The molecule has 1 aliphatic heterocycles. The van der Waals surface area contributed by atoms with Gasteiger partial charge in [0.05, 0.1) is 11.9 Å². The van der Waals surface area contributed by atoms with E-state index in [0.29, 0.717) is 5.92 Å². The third kappa shape index (κ3) is 2.79. The zero-order chi connectivity index (χ0) is 10.7. The average molecular weight is 208 g/mol. The van der Waals surface area contributed by atoms with E-state index in [4.69, 9.17) is 0 Å². The third-order valence-corrected chi connectivity index (χ3v) is 2.56. The Hall–Kier alpha value is -1.36. The minimum absolute atomic E-state index is 0.0583. The van der Waals surface area contributed by atoms with Crippen molar-refractivity contribution >= 4 is 11.6 Å². The summed E-state index contributed by atoms with van der Waals surface area (Å²) in [5.41, 5.74) is 0.772. The van der Waals surface area contributed by atoms with E-state index in [9.17, 15) is 4.79 Å². The number of rotatable bonds is 3. The minimum atomic E-state index is -0.0583. The number of nitrogens with zero attached hydrogens (tertiary/aromatic N) is 2. The molecule has 2 rings (SSSR count). The molecule has 0 aromatic carbocycles. The van der Waals surface area contributed by atoms with E-state index in [0.717, 1.165) is 25.3 Å². The molecule has 0 aliphatic carbocycles. The molecule has 0 bridgehead atoms. The molecule has 2 N–H and O–H groups in total.